The van der Waals surface area contributed by atoms with Gasteiger partial charge in [-0.1, -0.05) is 29.8 Å². The first kappa shape index (κ1) is 17.6. The number of rotatable bonds is 5. The molecule has 6 heteroatoms. The predicted molar refractivity (Wildman–Crippen MR) is 101 cm³/mol. The zero-order valence-corrected chi connectivity index (χ0v) is 14.5. The van der Waals surface area contributed by atoms with Crippen LogP contribution in [-0.2, 0) is 6.54 Å². The van der Waals surface area contributed by atoms with Crippen LogP contribution in [0.3, 0.4) is 0 Å². The number of carbonyl (C=O) groups is 2. The summed E-state index contributed by atoms with van der Waals surface area (Å²) in [7, 11) is 0. The number of aromatic nitrogens is 1. The molecule has 3 aromatic rings. The highest BCUT2D eigenvalue weighted by molar-refractivity contribution is 6.34. The molecule has 0 saturated carbocycles. The Kier molecular flexibility index (Phi) is 5.61. The van der Waals surface area contributed by atoms with Gasteiger partial charge in [-0.15, -0.1) is 0 Å². The van der Waals surface area contributed by atoms with Gasteiger partial charge in [-0.3, -0.25) is 14.6 Å². The van der Waals surface area contributed by atoms with Crippen molar-refractivity contribution in [3.63, 3.8) is 0 Å². The molecular weight excluding hydrogens is 350 g/mol. The van der Waals surface area contributed by atoms with E-state index in [0.717, 1.165) is 5.56 Å². The van der Waals surface area contributed by atoms with E-state index in [1.807, 2.05) is 12.1 Å². The second-order valence-corrected chi connectivity index (χ2v) is 5.96. The minimum atomic E-state index is -0.302. The van der Waals surface area contributed by atoms with E-state index in [1.165, 1.54) is 0 Å². The fourth-order valence-corrected chi connectivity index (χ4v) is 2.56. The maximum absolute atomic E-state index is 12.2. The molecule has 130 valence electrons. The molecule has 0 aliphatic rings. The second-order valence-electron chi connectivity index (χ2n) is 5.56. The molecule has 0 fully saturated rings. The Morgan fingerprint density at radius 1 is 0.923 bits per heavy atom. The fourth-order valence-electron chi connectivity index (χ4n) is 2.34. The van der Waals surface area contributed by atoms with Gasteiger partial charge in [-0.2, -0.15) is 0 Å². The molecule has 0 aliphatic heterocycles. The van der Waals surface area contributed by atoms with Crippen LogP contribution in [0.1, 0.15) is 26.3 Å². The largest absolute Gasteiger partial charge is 0.348 e. The monoisotopic (exact) mass is 365 g/mol. The summed E-state index contributed by atoms with van der Waals surface area (Å²) < 4.78 is 0. The van der Waals surface area contributed by atoms with E-state index in [4.69, 9.17) is 11.6 Å². The molecule has 0 unspecified atom stereocenters. The lowest BCUT2D eigenvalue weighted by atomic mass is 10.1. The first-order valence-electron chi connectivity index (χ1n) is 7.96. The quantitative estimate of drug-likeness (QED) is 0.720. The number of hydrogen-bond acceptors (Lipinski definition) is 3. The van der Waals surface area contributed by atoms with E-state index in [-0.39, 0.29) is 11.8 Å². The number of carbonyl (C=O) groups excluding carboxylic acids is 2. The number of hydrogen-bond donors (Lipinski definition) is 2. The van der Waals surface area contributed by atoms with Gasteiger partial charge in [-0.25, -0.2) is 0 Å². The highest BCUT2D eigenvalue weighted by Gasteiger charge is 2.10. The number of anilines is 1. The Bertz CT molecular complexity index is 912. The molecule has 0 radical (unpaired) electrons. The second kappa shape index (κ2) is 8.27. The summed E-state index contributed by atoms with van der Waals surface area (Å²) in [5.41, 5.74) is 2.40. The third-order valence-electron chi connectivity index (χ3n) is 3.70. The van der Waals surface area contributed by atoms with Gasteiger partial charge < -0.3 is 10.6 Å². The van der Waals surface area contributed by atoms with E-state index >= 15 is 0 Å². The molecule has 0 spiro atoms. The highest BCUT2D eigenvalue weighted by atomic mass is 35.5. The van der Waals surface area contributed by atoms with Crippen molar-refractivity contribution in [3.8, 4) is 0 Å². The molecule has 0 saturated heterocycles. The van der Waals surface area contributed by atoms with Gasteiger partial charge in [0.25, 0.3) is 11.8 Å². The standard InChI is InChI=1S/C20H16ClN3O2/c21-18-6-2-1-5-17(18)20(26)24-16-9-7-15(8-10-16)19(25)23-13-14-4-3-11-22-12-14/h1-12H,13H2,(H,23,25)(H,24,26). The van der Waals surface area contributed by atoms with E-state index in [1.54, 1.807) is 60.9 Å². The molecule has 0 aliphatic carbocycles. The Balaban J connectivity index is 1.60. The predicted octanol–water partition coefficient (Wildman–Crippen LogP) is 3.92. The van der Waals surface area contributed by atoms with Crippen molar-refractivity contribution in [2.45, 2.75) is 6.54 Å². The number of pyridine rings is 1. The van der Waals surface area contributed by atoms with Crippen molar-refractivity contribution < 1.29 is 9.59 Å². The van der Waals surface area contributed by atoms with Crippen molar-refractivity contribution in [2.24, 2.45) is 0 Å². The lowest BCUT2D eigenvalue weighted by Gasteiger charge is -2.08. The molecular formula is C20H16ClN3O2. The topological polar surface area (TPSA) is 71.1 Å². The Hall–Kier alpha value is -3.18. The van der Waals surface area contributed by atoms with Crippen LogP contribution in [0.15, 0.2) is 73.1 Å². The lowest BCUT2D eigenvalue weighted by Crippen LogP contribution is -2.22. The molecule has 3 rings (SSSR count). The van der Waals surface area contributed by atoms with Crippen LogP contribution in [-0.4, -0.2) is 16.8 Å². The van der Waals surface area contributed by atoms with Crippen LogP contribution in [0, 0.1) is 0 Å². The van der Waals surface area contributed by atoms with Crippen LogP contribution in [0.25, 0.3) is 0 Å². The normalized spacial score (nSPS) is 10.2. The van der Waals surface area contributed by atoms with Crippen molar-refractivity contribution in [1.29, 1.82) is 0 Å². The summed E-state index contributed by atoms with van der Waals surface area (Å²) in [4.78, 5) is 28.4. The van der Waals surface area contributed by atoms with Crippen molar-refractivity contribution in [2.75, 3.05) is 5.32 Å². The summed E-state index contributed by atoms with van der Waals surface area (Å²) in [6.45, 7) is 0.400. The van der Waals surface area contributed by atoms with E-state index in [9.17, 15) is 9.59 Å². The third-order valence-corrected chi connectivity index (χ3v) is 4.03. The van der Waals surface area contributed by atoms with Gasteiger partial charge in [0.1, 0.15) is 0 Å². The summed E-state index contributed by atoms with van der Waals surface area (Å²) in [5.74, 6) is -0.498. The van der Waals surface area contributed by atoms with Gasteiger partial charge in [0.15, 0.2) is 0 Å². The Morgan fingerprint density at radius 3 is 2.38 bits per heavy atom. The first-order valence-corrected chi connectivity index (χ1v) is 8.34. The van der Waals surface area contributed by atoms with Crippen LogP contribution in [0.5, 0.6) is 0 Å². The molecule has 2 amide bonds. The third kappa shape index (κ3) is 4.46. The van der Waals surface area contributed by atoms with Crippen LogP contribution < -0.4 is 10.6 Å². The van der Waals surface area contributed by atoms with Crippen LogP contribution in [0.4, 0.5) is 5.69 Å². The van der Waals surface area contributed by atoms with Gasteiger partial charge in [0.05, 0.1) is 10.6 Å². The Labute approximate surface area is 156 Å². The molecule has 5 nitrogen and oxygen atoms in total. The molecule has 0 bridgehead atoms. The summed E-state index contributed by atoms with van der Waals surface area (Å²) in [6.07, 6.45) is 3.38. The maximum atomic E-state index is 12.2. The minimum Gasteiger partial charge on any atom is -0.348 e. The first-order chi connectivity index (χ1) is 12.6. The molecule has 1 heterocycles. The molecule has 26 heavy (non-hydrogen) atoms. The summed E-state index contributed by atoms with van der Waals surface area (Å²) >= 11 is 6.02. The number of amides is 2. The number of halogens is 1. The Morgan fingerprint density at radius 2 is 1.69 bits per heavy atom. The van der Waals surface area contributed by atoms with Crippen LogP contribution in [0.2, 0.25) is 5.02 Å². The van der Waals surface area contributed by atoms with Gasteiger partial charge in [0, 0.05) is 30.2 Å². The molecule has 0 atom stereocenters. The zero-order valence-electron chi connectivity index (χ0n) is 13.8. The summed E-state index contributed by atoms with van der Waals surface area (Å²) in [6, 6.07) is 17.2. The zero-order chi connectivity index (χ0) is 18.4. The SMILES string of the molecule is O=C(NCc1cccnc1)c1ccc(NC(=O)c2ccccc2Cl)cc1. The maximum Gasteiger partial charge on any atom is 0.257 e. The van der Waals surface area contributed by atoms with E-state index in [0.29, 0.717) is 28.4 Å². The van der Waals surface area contributed by atoms with Crippen molar-refractivity contribution >= 4 is 29.1 Å². The van der Waals surface area contributed by atoms with Gasteiger partial charge in [0.2, 0.25) is 0 Å². The van der Waals surface area contributed by atoms with Crippen molar-refractivity contribution in [1.82, 2.24) is 10.3 Å². The smallest absolute Gasteiger partial charge is 0.257 e. The number of nitrogens with one attached hydrogen (secondary N) is 2. The number of benzene rings is 2. The highest BCUT2D eigenvalue weighted by Crippen LogP contribution is 2.17. The molecule has 2 aromatic carbocycles. The average molecular weight is 366 g/mol. The average Bonchev–Trinajstić information content (AvgIpc) is 2.68. The number of nitrogens with zero attached hydrogens (tertiary/aromatic N) is 1. The van der Waals surface area contributed by atoms with Gasteiger partial charge >= 0.3 is 0 Å². The minimum absolute atomic E-state index is 0.196. The van der Waals surface area contributed by atoms with Crippen LogP contribution >= 0.6 is 11.6 Å². The van der Waals surface area contributed by atoms with Gasteiger partial charge in [-0.05, 0) is 48.0 Å². The lowest BCUT2D eigenvalue weighted by molar-refractivity contribution is 0.0950. The van der Waals surface area contributed by atoms with Crippen molar-refractivity contribution in [3.05, 3.63) is 94.8 Å². The molecule has 1 aromatic heterocycles. The summed E-state index contributed by atoms with van der Waals surface area (Å²) in [5, 5.41) is 5.97. The molecule has 2 N–H and O–H groups in total. The van der Waals surface area contributed by atoms with E-state index < -0.39 is 0 Å². The van der Waals surface area contributed by atoms with E-state index in [2.05, 4.69) is 15.6 Å². The fraction of sp³-hybridized carbons (Fsp3) is 0.0500.